The highest BCUT2D eigenvalue weighted by atomic mass is 15.0. The first-order valence-electron chi connectivity index (χ1n) is 8.05. The van der Waals surface area contributed by atoms with Gasteiger partial charge in [-0.2, -0.15) is 0 Å². The molecule has 1 aromatic heterocycles. The van der Waals surface area contributed by atoms with Crippen molar-refractivity contribution in [2.24, 2.45) is 11.5 Å². The van der Waals surface area contributed by atoms with Gasteiger partial charge in [-0.05, 0) is 24.3 Å². The molecule has 4 rings (SSSR count). The van der Waals surface area contributed by atoms with E-state index in [1.807, 2.05) is 24.3 Å². The van der Waals surface area contributed by atoms with Gasteiger partial charge in [-0.1, -0.05) is 54.6 Å². The Labute approximate surface area is 140 Å². The molecule has 3 aromatic carbocycles. The summed E-state index contributed by atoms with van der Waals surface area (Å²) in [5, 5.41) is 2.48. The van der Waals surface area contributed by atoms with Crippen molar-refractivity contribution in [2.45, 2.75) is 0 Å². The quantitative estimate of drug-likeness (QED) is 0.599. The minimum absolute atomic E-state index is 0.424. The third-order valence-electron chi connectivity index (χ3n) is 4.37. The average Bonchev–Trinajstić information content (AvgIpc) is 2.96. The maximum atomic E-state index is 6.27. The summed E-state index contributed by atoms with van der Waals surface area (Å²) < 4.78 is 2.28. The van der Waals surface area contributed by atoms with Gasteiger partial charge in [0.2, 0.25) is 0 Å². The third kappa shape index (κ3) is 2.18. The summed E-state index contributed by atoms with van der Waals surface area (Å²) >= 11 is 0. The van der Waals surface area contributed by atoms with Gasteiger partial charge in [0.25, 0.3) is 0 Å². The lowest BCUT2D eigenvalue weighted by molar-refractivity contribution is 1.16. The van der Waals surface area contributed by atoms with Crippen LogP contribution in [0.15, 0.2) is 78.9 Å². The molecule has 4 aromatic rings. The van der Waals surface area contributed by atoms with Crippen LogP contribution in [-0.2, 0) is 0 Å². The number of rotatable bonds is 3. The van der Waals surface area contributed by atoms with Gasteiger partial charge in [-0.15, -0.1) is 0 Å². The lowest BCUT2D eigenvalue weighted by Crippen LogP contribution is -2.06. The molecular formula is C21H19N3. The van der Waals surface area contributed by atoms with Crippen LogP contribution in [0.3, 0.4) is 0 Å². The van der Waals surface area contributed by atoms with Crippen molar-refractivity contribution in [3.8, 4) is 5.69 Å². The van der Waals surface area contributed by atoms with E-state index >= 15 is 0 Å². The first-order chi connectivity index (χ1) is 11.8. The van der Waals surface area contributed by atoms with E-state index in [1.165, 1.54) is 21.8 Å². The van der Waals surface area contributed by atoms with Crippen LogP contribution in [0.1, 0.15) is 5.56 Å². The lowest BCUT2D eigenvalue weighted by Gasteiger charge is -2.13. The summed E-state index contributed by atoms with van der Waals surface area (Å²) in [5.41, 5.74) is 17.0. The van der Waals surface area contributed by atoms with Crippen molar-refractivity contribution >= 4 is 27.5 Å². The van der Waals surface area contributed by atoms with Crippen molar-refractivity contribution in [2.75, 3.05) is 6.54 Å². The Hall–Kier alpha value is -3.04. The molecule has 0 aliphatic rings. The standard InChI is InChI=1S/C21H19N3/c22-14-13-18(23)17-9-3-6-12-21(17)24-19-10-4-1-7-15(19)16-8-2-5-11-20(16)24/h1-13H,14,22-23H2/b18-13-. The second kappa shape index (κ2) is 5.87. The molecule has 1 heterocycles. The molecule has 0 unspecified atom stereocenters. The zero-order valence-corrected chi connectivity index (χ0v) is 13.3. The molecule has 0 bridgehead atoms. The van der Waals surface area contributed by atoms with E-state index in [1.54, 1.807) is 0 Å². The molecule has 0 spiro atoms. The van der Waals surface area contributed by atoms with Gasteiger partial charge < -0.3 is 16.0 Å². The van der Waals surface area contributed by atoms with Crippen LogP contribution in [0.4, 0.5) is 0 Å². The second-order valence-electron chi connectivity index (χ2n) is 5.78. The predicted octanol–water partition coefficient (Wildman–Crippen LogP) is 4.04. The summed E-state index contributed by atoms with van der Waals surface area (Å²) in [6.45, 7) is 0.424. The third-order valence-corrected chi connectivity index (χ3v) is 4.37. The smallest absolute Gasteiger partial charge is 0.0555 e. The number of aromatic nitrogens is 1. The van der Waals surface area contributed by atoms with Gasteiger partial charge in [0, 0.05) is 28.6 Å². The van der Waals surface area contributed by atoms with Crippen molar-refractivity contribution in [3.63, 3.8) is 0 Å². The molecule has 0 fully saturated rings. The van der Waals surface area contributed by atoms with Crippen molar-refractivity contribution in [3.05, 3.63) is 84.4 Å². The van der Waals surface area contributed by atoms with E-state index in [4.69, 9.17) is 11.5 Å². The highest BCUT2D eigenvalue weighted by molar-refractivity contribution is 6.09. The SMILES string of the molecule is NC/C=C(\N)c1ccccc1-n1c2ccccc2c2ccccc21. The molecule has 3 heteroatoms. The van der Waals surface area contributed by atoms with Crippen LogP contribution < -0.4 is 11.5 Å². The highest BCUT2D eigenvalue weighted by Gasteiger charge is 2.14. The number of fused-ring (bicyclic) bond motifs is 3. The Morgan fingerprint density at radius 1 is 0.792 bits per heavy atom. The summed E-state index contributed by atoms with van der Waals surface area (Å²) in [6, 6.07) is 25.1. The molecule has 24 heavy (non-hydrogen) atoms. The Morgan fingerprint density at radius 2 is 1.33 bits per heavy atom. The first-order valence-corrected chi connectivity index (χ1v) is 8.05. The molecule has 0 saturated heterocycles. The largest absolute Gasteiger partial charge is 0.398 e. The van der Waals surface area contributed by atoms with E-state index in [-0.39, 0.29) is 0 Å². The molecule has 0 aliphatic carbocycles. The number of hydrogen-bond donors (Lipinski definition) is 2. The lowest BCUT2D eigenvalue weighted by atomic mass is 10.1. The zero-order valence-electron chi connectivity index (χ0n) is 13.3. The maximum Gasteiger partial charge on any atom is 0.0555 e. The average molecular weight is 313 g/mol. The number of hydrogen-bond acceptors (Lipinski definition) is 2. The fourth-order valence-electron chi connectivity index (χ4n) is 3.33. The molecule has 0 aliphatic heterocycles. The van der Waals surface area contributed by atoms with Crippen molar-refractivity contribution < 1.29 is 0 Å². The molecule has 118 valence electrons. The van der Waals surface area contributed by atoms with E-state index < -0.39 is 0 Å². The molecule has 3 nitrogen and oxygen atoms in total. The van der Waals surface area contributed by atoms with Gasteiger partial charge in [0.1, 0.15) is 0 Å². The predicted molar refractivity (Wildman–Crippen MR) is 102 cm³/mol. The van der Waals surface area contributed by atoms with Gasteiger partial charge in [0.15, 0.2) is 0 Å². The Bertz CT molecular complexity index is 1000. The van der Waals surface area contributed by atoms with Gasteiger partial charge in [-0.25, -0.2) is 0 Å². The van der Waals surface area contributed by atoms with Crippen LogP contribution in [0.2, 0.25) is 0 Å². The molecule has 0 saturated carbocycles. The number of nitrogens with zero attached hydrogens (tertiary/aromatic N) is 1. The van der Waals surface area contributed by atoms with E-state index in [2.05, 4.69) is 59.2 Å². The molecule has 0 atom stereocenters. The van der Waals surface area contributed by atoms with Gasteiger partial charge in [0.05, 0.1) is 16.7 Å². The molecule has 0 amide bonds. The first kappa shape index (κ1) is 14.5. The van der Waals surface area contributed by atoms with Crippen molar-refractivity contribution in [1.29, 1.82) is 0 Å². The van der Waals surface area contributed by atoms with E-state index in [9.17, 15) is 0 Å². The second-order valence-corrected chi connectivity index (χ2v) is 5.78. The monoisotopic (exact) mass is 313 g/mol. The molecule has 4 N–H and O–H groups in total. The minimum Gasteiger partial charge on any atom is -0.398 e. The fourth-order valence-corrected chi connectivity index (χ4v) is 3.33. The van der Waals surface area contributed by atoms with Crippen LogP contribution in [0, 0.1) is 0 Å². The van der Waals surface area contributed by atoms with Gasteiger partial charge >= 0.3 is 0 Å². The van der Waals surface area contributed by atoms with Crippen molar-refractivity contribution in [1.82, 2.24) is 4.57 Å². The highest BCUT2D eigenvalue weighted by Crippen LogP contribution is 2.33. The Morgan fingerprint density at radius 3 is 1.96 bits per heavy atom. The normalized spacial score (nSPS) is 12.1. The minimum atomic E-state index is 0.424. The van der Waals surface area contributed by atoms with E-state index in [0.717, 1.165) is 11.3 Å². The number of para-hydroxylation sites is 3. The maximum absolute atomic E-state index is 6.27. The van der Waals surface area contributed by atoms with Crippen LogP contribution >= 0.6 is 0 Å². The van der Waals surface area contributed by atoms with Crippen LogP contribution in [-0.4, -0.2) is 11.1 Å². The van der Waals surface area contributed by atoms with Crippen LogP contribution in [0.25, 0.3) is 33.2 Å². The van der Waals surface area contributed by atoms with Gasteiger partial charge in [-0.3, -0.25) is 0 Å². The zero-order chi connectivity index (χ0) is 16.5. The Balaban J connectivity index is 2.13. The summed E-state index contributed by atoms with van der Waals surface area (Å²) in [4.78, 5) is 0. The number of benzene rings is 3. The summed E-state index contributed by atoms with van der Waals surface area (Å²) in [7, 11) is 0. The summed E-state index contributed by atoms with van der Waals surface area (Å²) in [6.07, 6.45) is 1.85. The molecule has 0 radical (unpaired) electrons. The Kier molecular flexibility index (Phi) is 3.56. The van der Waals surface area contributed by atoms with E-state index in [0.29, 0.717) is 12.2 Å². The number of nitrogens with two attached hydrogens (primary N) is 2. The summed E-state index contributed by atoms with van der Waals surface area (Å²) in [5.74, 6) is 0. The topological polar surface area (TPSA) is 57.0 Å². The van der Waals surface area contributed by atoms with Crippen LogP contribution in [0.5, 0.6) is 0 Å². The fraction of sp³-hybridized carbons (Fsp3) is 0.0476. The molecular weight excluding hydrogens is 294 g/mol.